The van der Waals surface area contributed by atoms with E-state index in [-0.39, 0.29) is 5.54 Å². The van der Waals surface area contributed by atoms with E-state index in [4.69, 9.17) is 5.73 Å². The minimum Gasteiger partial charge on any atom is -0.329 e. The quantitative estimate of drug-likeness (QED) is 0.707. The molecule has 2 nitrogen and oxygen atoms in total. The number of rotatable bonds is 5. The maximum Gasteiger partial charge on any atom is 0.0306 e. The van der Waals surface area contributed by atoms with Gasteiger partial charge in [0.15, 0.2) is 0 Å². The van der Waals surface area contributed by atoms with Crippen LogP contribution in [0.15, 0.2) is 0 Å². The van der Waals surface area contributed by atoms with Crippen molar-refractivity contribution in [3.05, 3.63) is 0 Å². The zero-order valence-corrected chi connectivity index (χ0v) is 11.4. The van der Waals surface area contributed by atoms with Crippen LogP contribution in [0.25, 0.3) is 0 Å². The standard InChI is InChI=1S/C14H30N2/c1-4-6-13-7-5-9-14(11-15,10-8-13)16-12(2)3/h12-13,16H,4-11,15H2,1-3H3. The van der Waals surface area contributed by atoms with Gasteiger partial charge in [0, 0.05) is 18.1 Å². The minimum absolute atomic E-state index is 0.233. The molecule has 0 heterocycles. The van der Waals surface area contributed by atoms with Crippen LogP contribution in [0.2, 0.25) is 0 Å². The Bertz CT molecular complexity index is 191. The van der Waals surface area contributed by atoms with Crippen molar-refractivity contribution in [2.45, 2.75) is 77.3 Å². The van der Waals surface area contributed by atoms with E-state index >= 15 is 0 Å². The molecule has 2 atom stereocenters. The second-order valence-electron chi connectivity index (χ2n) is 5.87. The summed E-state index contributed by atoms with van der Waals surface area (Å²) in [5, 5.41) is 3.72. The van der Waals surface area contributed by atoms with E-state index in [9.17, 15) is 0 Å². The Balaban J connectivity index is 2.53. The fourth-order valence-corrected chi connectivity index (χ4v) is 3.20. The van der Waals surface area contributed by atoms with Crippen molar-refractivity contribution in [1.82, 2.24) is 5.32 Å². The molecule has 1 fully saturated rings. The highest BCUT2D eigenvalue weighted by Crippen LogP contribution is 2.32. The Morgan fingerprint density at radius 2 is 2.06 bits per heavy atom. The van der Waals surface area contributed by atoms with Crippen molar-refractivity contribution in [1.29, 1.82) is 0 Å². The van der Waals surface area contributed by atoms with Crippen molar-refractivity contribution in [3.8, 4) is 0 Å². The van der Waals surface area contributed by atoms with E-state index in [1.165, 1.54) is 44.9 Å². The Morgan fingerprint density at radius 3 is 2.62 bits per heavy atom. The van der Waals surface area contributed by atoms with Gasteiger partial charge in [-0.2, -0.15) is 0 Å². The summed E-state index contributed by atoms with van der Waals surface area (Å²) in [6.07, 6.45) is 9.40. The van der Waals surface area contributed by atoms with Gasteiger partial charge in [0.1, 0.15) is 0 Å². The van der Waals surface area contributed by atoms with Gasteiger partial charge in [0.25, 0.3) is 0 Å². The molecule has 0 radical (unpaired) electrons. The highest BCUT2D eigenvalue weighted by atomic mass is 15.0. The van der Waals surface area contributed by atoms with Crippen LogP contribution in [0.4, 0.5) is 0 Å². The van der Waals surface area contributed by atoms with Crippen LogP contribution in [0.1, 0.15) is 65.7 Å². The maximum absolute atomic E-state index is 6.01. The molecule has 2 heteroatoms. The topological polar surface area (TPSA) is 38.0 Å². The molecule has 0 aromatic rings. The Hall–Kier alpha value is -0.0800. The molecule has 0 aliphatic heterocycles. The number of nitrogens with one attached hydrogen (secondary N) is 1. The molecular weight excluding hydrogens is 196 g/mol. The van der Waals surface area contributed by atoms with E-state index in [2.05, 4.69) is 26.1 Å². The normalized spacial score (nSPS) is 31.7. The molecular formula is C14H30N2. The number of hydrogen-bond donors (Lipinski definition) is 2. The number of hydrogen-bond acceptors (Lipinski definition) is 2. The summed E-state index contributed by atoms with van der Waals surface area (Å²) in [6, 6.07) is 0.547. The Kier molecular flexibility index (Phi) is 5.77. The zero-order chi connectivity index (χ0) is 12.0. The molecule has 0 spiro atoms. The third kappa shape index (κ3) is 4.06. The first-order valence-corrected chi connectivity index (χ1v) is 7.09. The predicted octanol–water partition coefficient (Wildman–Crippen LogP) is 3.06. The molecule has 1 aliphatic rings. The predicted molar refractivity (Wildman–Crippen MR) is 71.5 cm³/mol. The Morgan fingerprint density at radius 1 is 1.31 bits per heavy atom. The van der Waals surface area contributed by atoms with Crippen LogP contribution in [-0.4, -0.2) is 18.1 Å². The molecule has 1 rings (SSSR count). The van der Waals surface area contributed by atoms with Crippen molar-refractivity contribution < 1.29 is 0 Å². The van der Waals surface area contributed by atoms with E-state index < -0.39 is 0 Å². The van der Waals surface area contributed by atoms with E-state index in [1.807, 2.05) is 0 Å². The number of nitrogens with two attached hydrogens (primary N) is 1. The van der Waals surface area contributed by atoms with Crippen molar-refractivity contribution in [3.63, 3.8) is 0 Å². The van der Waals surface area contributed by atoms with Gasteiger partial charge in [-0.25, -0.2) is 0 Å². The van der Waals surface area contributed by atoms with E-state index in [0.29, 0.717) is 6.04 Å². The van der Waals surface area contributed by atoms with E-state index in [1.54, 1.807) is 0 Å². The van der Waals surface area contributed by atoms with Gasteiger partial charge in [-0.3, -0.25) is 0 Å². The van der Waals surface area contributed by atoms with Gasteiger partial charge in [-0.05, 0) is 25.2 Å². The molecule has 3 N–H and O–H groups in total. The lowest BCUT2D eigenvalue weighted by atomic mass is 9.88. The monoisotopic (exact) mass is 226 g/mol. The third-order valence-electron chi connectivity index (χ3n) is 3.98. The first-order valence-electron chi connectivity index (χ1n) is 7.09. The lowest BCUT2D eigenvalue weighted by molar-refractivity contribution is 0.266. The van der Waals surface area contributed by atoms with Crippen LogP contribution in [0.3, 0.4) is 0 Å². The molecule has 1 aliphatic carbocycles. The molecule has 0 aromatic carbocycles. The van der Waals surface area contributed by atoms with Gasteiger partial charge in [0.05, 0.1) is 0 Å². The zero-order valence-electron chi connectivity index (χ0n) is 11.4. The second-order valence-corrected chi connectivity index (χ2v) is 5.87. The third-order valence-corrected chi connectivity index (χ3v) is 3.98. The van der Waals surface area contributed by atoms with E-state index in [0.717, 1.165) is 12.5 Å². The van der Waals surface area contributed by atoms with Crippen LogP contribution in [0.5, 0.6) is 0 Å². The molecule has 1 saturated carbocycles. The average molecular weight is 226 g/mol. The van der Waals surface area contributed by atoms with Gasteiger partial charge in [0.2, 0.25) is 0 Å². The molecule has 0 bridgehead atoms. The molecule has 0 aromatic heterocycles. The SMILES string of the molecule is CCCC1CCCC(CN)(NC(C)C)CC1. The Labute approximate surface area is 101 Å². The summed E-state index contributed by atoms with van der Waals surface area (Å²) in [6.45, 7) is 7.55. The summed E-state index contributed by atoms with van der Waals surface area (Å²) < 4.78 is 0. The fourth-order valence-electron chi connectivity index (χ4n) is 3.20. The molecule has 0 saturated heterocycles. The van der Waals surface area contributed by atoms with Crippen LogP contribution < -0.4 is 11.1 Å². The largest absolute Gasteiger partial charge is 0.329 e. The van der Waals surface area contributed by atoms with Crippen LogP contribution in [0, 0.1) is 5.92 Å². The van der Waals surface area contributed by atoms with Gasteiger partial charge in [-0.15, -0.1) is 0 Å². The maximum atomic E-state index is 6.01. The van der Waals surface area contributed by atoms with Gasteiger partial charge in [-0.1, -0.05) is 46.5 Å². The first kappa shape index (κ1) is 14.0. The molecule has 16 heavy (non-hydrogen) atoms. The van der Waals surface area contributed by atoms with Crippen LogP contribution in [-0.2, 0) is 0 Å². The summed E-state index contributed by atoms with van der Waals surface area (Å²) in [5.74, 6) is 0.951. The fraction of sp³-hybridized carbons (Fsp3) is 1.00. The second kappa shape index (κ2) is 6.61. The highest BCUT2D eigenvalue weighted by molar-refractivity contribution is 4.92. The first-order chi connectivity index (χ1) is 7.62. The van der Waals surface area contributed by atoms with Crippen molar-refractivity contribution >= 4 is 0 Å². The van der Waals surface area contributed by atoms with Gasteiger partial charge >= 0.3 is 0 Å². The van der Waals surface area contributed by atoms with Crippen molar-refractivity contribution in [2.24, 2.45) is 11.7 Å². The summed E-state index contributed by atoms with van der Waals surface area (Å²) in [5.41, 5.74) is 6.25. The molecule has 0 amide bonds. The summed E-state index contributed by atoms with van der Waals surface area (Å²) in [7, 11) is 0. The summed E-state index contributed by atoms with van der Waals surface area (Å²) in [4.78, 5) is 0. The smallest absolute Gasteiger partial charge is 0.0306 e. The van der Waals surface area contributed by atoms with Crippen LogP contribution >= 0.6 is 0 Å². The minimum atomic E-state index is 0.233. The lowest BCUT2D eigenvalue weighted by Crippen LogP contribution is -2.53. The lowest BCUT2D eigenvalue weighted by Gasteiger charge is -2.35. The average Bonchev–Trinajstić information content (AvgIpc) is 2.42. The molecule has 96 valence electrons. The molecule has 2 unspecified atom stereocenters. The van der Waals surface area contributed by atoms with Crippen molar-refractivity contribution in [2.75, 3.05) is 6.54 Å². The highest BCUT2D eigenvalue weighted by Gasteiger charge is 2.31. The summed E-state index contributed by atoms with van der Waals surface area (Å²) >= 11 is 0. The van der Waals surface area contributed by atoms with Gasteiger partial charge < -0.3 is 11.1 Å².